The highest BCUT2D eigenvalue weighted by Gasteiger charge is 2.48. The van der Waals surface area contributed by atoms with Crippen LogP contribution < -0.4 is 0 Å². The van der Waals surface area contributed by atoms with Crippen LogP contribution in [0.5, 0.6) is 0 Å². The van der Waals surface area contributed by atoms with E-state index in [1.165, 1.54) is 0 Å². The van der Waals surface area contributed by atoms with Gasteiger partial charge in [-0.3, -0.25) is 0 Å². The molecule has 1 fully saturated rings. The SMILES string of the molecule is OC[C@@H](O)[C@@H](O)[C@H](O[C@H]1O[C@@H]([C@H](O)CO)[C@H](O)[C@H]1O)[C@H](O)CO. The van der Waals surface area contributed by atoms with Crippen molar-refractivity contribution in [3.05, 3.63) is 0 Å². The van der Waals surface area contributed by atoms with Crippen molar-refractivity contribution in [2.45, 2.75) is 55.1 Å². The van der Waals surface area contributed by atoms with Gasteiger partial charge >= 0.3 is 0 Å². The summed E-state index contributed by atoms with van der Waals surface area (Å²) < 4.78 is 10.1. The van der Waals surface area contributed by atoms with Gasteiger partial charge in [0.25, 0.3) is 0 Å². The monoisotopic (exact) mass is 344 g/mol. The van der Waals surface area contributed by atoms with Gasteiger partial charge in [0.15, 0.2) is 6.29 Å². The Morgan fingerprint density at radius 3 is 1.87 bits per heavy atom. The van der Waals surface area contributed by atoms with Gasteiger partial charge in [-0.25, -0.2) is 0 Å². The fourth-order valence-electron chi connectivity index (χ4n) is 2.19. The summed E-state index contributed by atoms with van der Waals surface area (Å²) in [5, 5.41) is 84.6. The van der Waals surface area contributed by atoms with E-state index in [0.29, 0.717) is 0 Å². The maximum absolute atomic E-state index is 9.82. The Balaban J connectivity index is 2.83. The summed E-state index contributed by atoms with van der Waals surface area (Å²) >= 11 is 0. The molecule has 1 aliphatic rings. The van der Waals surface area contributed by atoms with Crippen LogP contribution in [-0.4, -0.2) is 121 Å². The third-order valence-electron chi connectivity index (χ3n) is 3.60. The van der Waals surface area contributed by atoms with Crippen molar-refractivity contribution in [2.75, 3.05) is 19.8 Å². The van der Waals surface area contributed by atoms with Gasteiger partial charge in [-0.05, 0) is 0 Å². The molecule has 138 valence electrons. The summed E-state index contributed by atoms with van der Waals surface area (Å²) in [6, 6.07) is 0. The quantitative estimate of drug-likeness (QED) is 0.193. The van der Waals surface area contributed by atoms with E-state index in [9.17, 15) is 30.6 Å². The molecule has 0 amide bonds. The highest BCUT2D eigenvalue weighted by molar-refractivity contribution is 4.92. The smallest absolute Gasteiger partial charge is 0.187 e. The second-order valence-electron chi connectivity index (χ2n) is 5.29. The molecule has 0 aliphatic carbocycles. The summed E-state index contributed by atoms with van der Waals surface area (Å²) in [7, 11) is 0. The second-order valence-corrected chi connectivity index (χ2v) is 5.29. The number of aliphatic hydroxyl groups excluding tert-OH is 9. The largest absolute Gasteiger partial charge is 0.394 e. The van der Waals surface area contributed by atoms with E-state index >= 15 is 0 Å². The first-order chi connectivity index (χ1) is 10.8. The van der Waals surface area contributed by atoms with Crippen molar-refractivity contribution < 1.29 is 55.4 Å². The molecule has 0 aromatic carbocycles. The van der Waals surface area contributed by atoms with Gasteiger partial charge < -0.3 is 55.4 Å². The minimum absolute atomic E-state index is 0.754. The first-order valence-electron chi connectivity index (χ1n) is 7.00. The van der Waals surface area contributed by atoms with E-state index in [2.05, 4.69) is 0 Å². The molecule has 1 saturated heterocycles. The second kappa shape index (κ2) is 9.15. The van der Waals surface area contributed by atoms with Crippen LogP contribution in [0.25, 0.3) is 0 Å². The van der Waals surface area contributed by atoms with Gasteiger partial charge in [0, 0.05) is 0 Å². The Morgan fingerprint density at radius 1 is 0.826 bits per heavy atom. The van der Waals surface area contributed by atoms with Gasteiger partial charge in [0.2, 0.25) is 0 Å². The topological polar surface area (TPSA) is 201 Å². The highest BCUT2D eigenvalue weighted by atomic mass is 16.7. The average molecular weight is 344 g/mol. The lowest BCUT2D eigenvalue weighted by atomic mass is 10.0. The van der Waals surface area contributed by atoms with Gasteiger partial charge in [-0.2, -0.15) is 0 Å². The Bertz CT molecular complexity index is 343. The molecule has 0 bridgehead atoms. The number of rotatable bonds is 9. The molecule has 1 rings (SSSR count). The Labute approximate surface area is 131 Å². The van der Waals surface area contributed by atoms with Crippen molar-refractivity contribution in [3.8, 4) is 0 Å². The van der Waals surface area contributed by atoms with Crippen molar-refractivity contribution in [1.82, 2.24) is 0 Å². The van der Waals surface area contributed by atoms with Crippen LogP contribution in [-0.2, 0) is 9.47 Å². The first-order valence-corrected chi connectivity index (χ1v) is 7.00. The summed E-state index contributed by atoms with van der Waals surface area (Å²) in [4.78, 5) is 0. The van der Waals surface area contributed by atoms with Crippen molar-refractivity contribution in [2.24, 2.45) is 0 Å². The predicted octanol–water partition coefficient (Wildman–Crippen LogP) is -5.76. The summed E-state index contributed by atoms with van der Waals surface area (Å²) in [6.07, 6.45) is -14.7. The Morgan fingerprint density at radius 2 is 1.39 bits per heavy atom. The van der Waals surface area contributed by atoms with E-state index < -0.39 is 74.9 Å². The summed E-state index contributed by atoms with van der Waals surface area (Å²) in [6.45, 7) is -2.48. The minimum atomic E-state index is -1.84. The van der Waals surface area contributed by atoms with Gasteiger partial charge in [-0.15, -0.1) is 0 Å². The van der Waals surface area contributed by atoms with Crippen LogP contribution in [0.2, 0.25) is 0 Å². The fourth-order valence-corrected chi connectivity index (χ4v) is 2.19. The molecule has 0 saturated carbocycles. The molecule has 0 aromatic heterocycles. The summed E-state index contributed by atoms with van der Waals surface area (Å²) in [5.41, 5.74) is 0. The molecular formula is C12H24O11. The van der Waals surface area contributed by atoms with E-state index in [4.69, 9.17) is 24.8 Å². The van der Waals surface area contributed by atoms with Gasteiger partial charge in [0.05, 0.1) is 19.8 Å². The zero-order chi connectivity index (χ0) is 17.7. The van der Waals surface area contributed by atoms with Gasteiger partial charge in [0.1, 0.15) is 48.8 Å². The molecule has 23 heavy (non-hydrogen) atoms. The fraction of sp³-hybridized carbons (Fsp3) is 1.00. The molecule has 0 unspecified atom stereocenters. The van der Waals surface area contributed by atoms with E-state index in [1.54, 1.807) is 0 Å². The van der Waals surface area contributed by atoms with Crippen LogP contribution in [0.15, 0.2) is 0 Å². The van der Waals surface area contributed by atoms with Crippen LogP contribution in [0.3, 0.4) is 0 Å². The molecule has 9 N–H and O–H groups in total. The number of hydrogen-bond donors (Lipinski definition) is 9. The highest BCUT2D eigenvalue weighted by Crippen LogP contribution is 2.27. The molecule has 0 aromatic rings. The molecule has 1 heterocycles. The average Bonchev–Trinajstić information content (AvgIpc) is 2.85. The van der Waals surface area contributed by atoms with E-state index in [0.717, 1.165) is 0 Å². The molecule has 9 atom stereocenters. The van der Waals surface area contributed by atoms with Crippen molar-refractivity contribution in [1.29, 1.82) is 0 Å². The zero-order valence-corrected chi connectivity index (χ0v) is 12.2. The van der Waals surface area contributed by atoms with E-state index in [1.807, 2.05) is 0 Å². The summed E-state index contributed by atoms with van der Waals surface area (Å²) in [5.74, 6) is 0. The molecule has 1 aliphatic heterocycles. The molecule has 11 nitrogen and oxygen atoms in total. The van der Waals surface area contributed by atoms with Gasteiger partial charge in [-0.1, -0.05) is 0 Å². The van der Waals surface area contributed by atoms with Crippen LogP contribution in [0.1, 0.15) is 0 Å². The molecule has 0 radical (unpaired) electrons. The third kappa shape index (κ3) is 4.78. The number of hydrogen-bond acceptors (Lipinski definition) is 11. The minimum Gasteiger partial charge on any atom is -0.394 e. The lowest BCUT2D eigenvalue weighted by Crippen LogP contribution is -2.51. The van der Waals surface area contributed by atoms with Crippen LogP contribution >= 0.6 is 0 Å². The Kier molecular flexibility index (Phi) is 8.20. The van der Waals surface area contributed by atoms with E-state index in [-0.39, 0.29) is 0 Å². The molecule has 0 spiro atoms. The maximum atomic E-state index is 9.82. The lowest BCUT2D eigenvalue weighted by molar-refractivity contribution is -0.248. The third-order valence-corrected chi connectivity index (χ3v) is 3.60. The van der Waals surface area contributed by atoms with Crippen LogP contribution in [0.4, 0.5) is 0 Å². The predicted molar refractivity (Wildman–Crippen MR) is 70.8 cm³/mol. The van der Waals surface area contributed by atoms with Crippen molar-refractivity contribution >= 4 is 0 Å². The normalized spacial score (nSPS) is 34.8. The number of ether oxygens (including phenoxy) is 2. The molecule has 11 heteroatoms. The lowest BCUT2D eigenvalue weighted by Gasteiger charge is -2.31. The standard InChI is InChI=1S/C12H24O11/c13-1-4(16)7(19)10(5(17)2-14)22-12-9(21)8(20)11(23-12)6(18)3-15/h4-21H,1-3H2/t4-,5-,6-,7-,8-,9-,10-,11+,12+/m1/s1. The van der Waals surface area contributed by atoms with Crippen LogP contribution in [0, 0.1) is 0 Å². The Hall–Kier alpha value is -0.440. The first kappa shape index (κ1) is 20.6. The number of aliphatic hydroxyl groups is 9. The van der Waals surface area contributed by atoms with Crippen molar-refractivity contribution in [3.63, 3.8) is 0 Å². The maximum Gasteiger partial charge on any atom is 0.187 e. The zero-order valence-electron chi connectivity index (χ0n) is 12.2. The molecular weight excluding hydrogens is 320 g/mol.